The highest BCUT2D eigenvalue weighted by atomic mass is 35.5. The number of nitrogens with zero attached hydrogens (tertiary/aromatic N) is 2. The van der Waals surface area contributed by atoms with Gasteiger partial charge in [0.25, 0.3) is 15.9 Å². The number of ether oxygens (including phenoxy) is 1. The molecule has 206 valence electrons. The first-order valence-electron chi connectivity index (χ1n) is 10.5. The van der Waals surface area contributed by atoms with Crippen molar-refractivity contribution in [3.8, 4) is 11.5 Å². The minimum atomic E-state index is -5.43. The van der Waals surface area contributed by atoms with Crippen molar-refractivity contribution in [1.82, 2.24) is 14.6 Å². The van der Waals surface area contributed by atoms with Gasteiger partial charge in [-0.3, -0.25) is 19.9 Å². The van der Waals surface area contributed by atoms with Crippen LogP contribution in [0.2, 0.25) is 5.15 Å². The van der Waals surface area contributed by atoms with Crippen molar-refractivity contribution in [2.75, 3.05) is 6.54 Å². The molecular formula is C21H15ClF3N5O7S2. The van der Waals surface area contributed by atoms with Crippen molar-refractivity contribution in [3.63, 3.8) is 0 Å². The molecule has 18 heteroatoms. The molecule has 0 spiro atoms. The lowest BCUT2D eigenvalue weighted by Gasteiger charge is -2.19. The van der Waals surface area contributed by atoms with Gasteiger partial charge in [-0.1, -0.05) is 11.6 Å². The summed E-state index contributed by atoms with van der Waals surface area (Å²) in [4.78, 5) is 41.9. The van der Waals surface area contributed by atoms with Crippen LogP contribution < -0.4 is 15.2 Å². The summed E-state index contributed by atoms with van der Waals surface area (Å²) in [6, 6.07) is 4.39. The van der Waals surface area contributed by atoms with E-state index in [1.807, 2.05) is 0 Å². The second-order valence-electron chi connectivity index (χ2n) is 7.98. The third kappa shape index (κ3) is 5.51. The molecule has 5 N–H and O–H groups in total. The molecule has 1 aromatic carbocycles. The molecular weight excluding hydrogens is 591 g/mol. The maximum atomic E-state index is 13.2. The number of hydrogen-bond donors (Lipinski definition) is 4. The molecule has 0 unspecified atom stereocenters. The number of benzene rings is 1. The average molecular weight is 606 g/mol. The van der Waals surface area contributed by atoms with Gasteiger partial charge in [0.1, 0.15) is 21.2 Å². The van der Waals surface area contributed by atoms with E-state index >= 15 is 0 Å². The highest BCUT2D eigenvalue weighted by molar-refractivity contribution is 7.91. The number of amidine groups is 1. The molecule has 12 nitrogen and oxygen atoms in total. The smallest absolute Gasteiger partial charge is 0.491 e. The lowest BCUT2D eigenvalue weighted by Crippen LogP contribution is -2.43. The molecule has 2 aromatic heterocycles. The number of nitrogens with one attached hydrogen (secondary N) is 2. The van der Waals surface area contributed by atoms with Crippen LogP contribution in [0.25, 0.3) is 10.2 Å². The van der Waals surface area contributed by atoms with Gasteiger partial charge in [-0.25, -0.2) is 18.2 Å². The number of aromatic nitrogens is 1. The number of hydrogen-bond acceptors (Lipinski definition) is 10. The number of phenols is 1. The summed E-state index contributed by atoms with van der Waals surface area (Å²) in [6.45, 7) is -0.363. The summed E-state index contributed by atoms with van der Waals surface area (Å²) >= 11 is 6.69. The number of esters is 1. The van der Waals surface area contributed by atoms with Gasteiger partial charge in [0.05, 0.1) is 15.8 Å². The molecule has 1 aliphatic heterocycles. The number of alkyl halides is 3. The van der Waals surface area contributed by atoms with Crippen molar-refractivity contribution in [2.45, 2.75) is 22.8 Å². The Balaban J connectivity index is 1.60. The number of likely N-dealkylation sites (tertiary alicyclic amines) is 1. The number of carbonyl (C=O) groups is 3. The zero-order chi connectivity index (χ0) is 28.9. The third-order valence-electron chi connectivity index (χ3n) is 5.41. The van der Waals surface area contributed by atoms with E-state index in [-0.39, 0.29) is 22.3 Å². The summed E-state index contributed by atoms with van der Waals surface area (Å²) in [5, 5.41) is 18.2. The molecule has 1 saturated heterocycles. The summed E-state index contributed by atoms with van der Waals surface area (Å²) in [6.07, 6.45) is -5.63. The van der Waals surface area contributed by atoms with Crippen molar-refractivity contribution >= 4 is 66.8 Å². The minimum Gasteiger partial charge on any atom is -0.504 e. The quantitative estimate of drug-likeness (QED) is 0.0813. The second-order valence-corrected chi connectivity index (χ2v) is 11.4. The molecule has 0 saturated carbocycles. The predicted molar refractivity (Wildman–Crippen MR) is 130 cm³/mol. The molecule has 2 amide bonds. The fourth-order valence-corrected chi connectivity index (χ4v) is 6.35. The van der Waals surface area contributed by atoms with E-state index < -0.39 is 68.5 Å². The van der Waals surface area contributed by atoms with E-state index in [2.05, 4.69) is 14.4 Å². The zero-order valence-corrected chi connectivity index (χ0v) is 21.5. The van der Waals surface area contributed by atoms with Crippen LogP contribution in [-0.2, 0) is 19.6 Å². The summed E-state index contributed by atoms with van der Waals surface area (Å²) in [7, 11) is -4.27. The molecule has 0 aliphatic carbocycles. The van der Waals surface area contributed by atoms with Gasteiger partial charge >= 0.3 is 12.1 Å². The molecule has 1 aliphatic rings. The number of fused-ring (bicyclic) bond motifs is 1. The van der Waals surface area contributed by atoms with Crippen LogP contribution in [0.5, 0.6) is 11.5 Å². The van der Waals surface area contributed by atoms with Gasteiger partial charge in [0.2, 0.25) is 5.91 Å². The molecule has 1 fully saturated rings. The number of phenolic OH excluding ortho intramolecular Hbond substituents is 1. The van der Waals surface area contributed by atoms with E-state index in [4.69, 9.17) is 22.7 Å². The fraction of sp³-hybridized carbons (Fsp3) is 0.190. The Morgan fingerprint density at radius 2 is 1.97 bits per heavy atom. The van der Waals surface area contributed by atoms with E-state index in [1.54, 1.807) is 6.07 Å². The van der Waals surface area contributed by atoms with Crippen molar-refractivity contribution < 1.29 is 45.8 Å². The molecule has 3 aromatic rings. The Morgan fingerprint density at radius 1 is 1.28 bits per heavy atom. The van der Waals surface area contributed by atoms with E-state index in [1.165, 1.54) is 12.1 Å². The van der Waals surface area contributed by atoms with Gasteiger partial charge in [-0.15, -0.1) is 11.3 Å². The number of imide groups is 1. The van der Waals surface area contributed by atoms with E-state index in [9.17, 15) is 41.1 Å². The fourth-order valence-electron chi connectivity index (χ4n) is 3.63. The summed E-state index contributed by atoms with van der Waals surface area (Å²) in [5.74, 6) is -8.21. The first kappa shape index (κ1) is 28.2. The van der Waals surface area contributed by atoms with Crippen LogP contribution in [-0.4, -0.2) is 65.8 Å². The zero-order valence-electron chi connectivity index (χ0n) is 19.1. The van der Waals surface area contributed by atoms with Crippen molar-refractivity contribution in [1.29, 1.82) is 5.41 Å². The maximum Gasteiger partial charge on any atom is 0.491 e. The Morgan fingerprint density at radius 3 is 2.62 bits per heavy atom. The van der Waals surface area contributed by atoms with Gasteiger partial charge < -0.3 is 15.6 Å². The number of nitrogens with two attached hydrogens (primary N) is 1. The SMILES string of the molecule is N=C(N)c1ccc(OC(=O)C(F)(F)F)c(O)c1C(=O)N1CC[C@H](NS(=O)(=O)c2cc3nc(Cl)ccc3s2)C1=O. The summed E-state index contributed by atoms with van der Waals surface area (Å²) < 4.78 is 70.3. The van der Waals surface area contributed by atoms with Crippen LogP contribution in [0.15, 0.2) is 34.5 Å². The van der Waals surface area contributed by atoms with Gasteiger partial charge in [-0.2, -0.15) is 17.9 Å². The van der Waals surface area contributed by atoms with Crippen molar-refractivity contribution in [2.24, 2.45) is 5.73 Å². The average Bonchev–Trinajstić information content (AvgIpc) is 3.42. The number of halogens is 4. The first-order chi connectivity index (χ1) is 18.1. The van der Waals surface area contributed by atoms with Gasteiger partial charge in [0.15, 0.2) is 11.5 Å². The highest BCUT2D eigenvalue weighted by Crippen LogP contribution is 2.36. The molecule has 1 atom stereocenters. The normalized spacial score (nSPS) is 16.1. The van der Waals surface area contributed by atoms with Crippen LogP contribution in [0.3, 0.4) is 0 Å². The Labute approximate surface area is 225 Å². The number of rotatable bonds is 6. The molecule has 39 heavy (non-hydrogen) atoms. The topological polar surface area (TPSA) is 193 Å². The number of thiophene rings is 1. The van der Waals surface area contributed by atoms with E-state index in [0.717, 1.165) is 17.4 Å². The Bertz CT molecular complexity index is 1660. The predicted octanol–water partition coefficient (Wildman–Crippen LogP) is 2.13. The highest BCUT2D eigenvalue weighted by Gasteiger charge is 2.43. The number of carbonyl (C=O) groups excluding carboxylic acids is 3. The second kappa shape index (κ2) is 10.1. The monoisotopic (exact) mass is 605 g/mol. The first-order valence-corrected chi connectivity index (χ1v) is 13.2. The lowest BCUT2D eigenvalue weighted by atomic mass is 10.0. The van der Waals surface area contributed by atoms with Crippen LogP contribution in [0.4, 0.5) is 13.2 Å². The number of aromatic hydroxyl groups is 1. The molecule has 0 radical (unpaired) electrons. The van der Waals surface area contributed by atoms with Crippen LogP contribution in [0, 0.1) is 5.41 Å². The van der Waals surface area contributed by atoms with Crippen LogP contribution >= 0.6 is 22.9 Å². The number of amides is 2. The minimum absolute atomic E-state index is 0.141. The molecule has 4 rings (SSSR count). The number of nitrogen functional groups attached to an aromatic ring is 1. The third-order valence-corrected chi connectivity index (χ3v) is 8.65. The Hall–Kier alpha value is -3.80. The molecule has 0 bridgehead atoms. The number of sulfonamides is 1. The summed E-state index contributed by atoms with van der Waals surface area (Å²) in [5.41, 5.74) is 4.36. The molecule has 3 heterocycles. The lowest BCUT2D eigenvalue weighted by molar-refractivity contribution is -0.189. The van der Waals surface area contributed by atoms with Crippen molar-refractivity contribution in [3.05, 3.63) is 46.6 Å². The standard InChI is InChI=1S/C21H15ClF3N5O7S2/c22-13-4-3-12-10(28-13)7-14(38-12)39(35,36)29-9-5-6-30(18(9)32)19(33)15-8(17(26)27)1-2-11(16(15)31)37-20(34)21(23,24)25/h1-4,7,9,29,31H,5-6H2,(H3,26,27)/t9-/m0/s1. The van der Waals surface area contributed by atoms with Crippen LogP contribution in [0.1, 0.15) is 22.3 Å². The maximum absolute atomic E-state index is 13.2. The van der Waals surface area contributed by atoms with Gasteiger partial charge in [-0.05, 0) is 36.8 Å². The number of pyridine rings is 1. The van der Waals surface area contributed by atoms with E-state index in [0.29, 0.717) is 21.2 Å². The largest absolute Gasteiger partial charge is 0.504 e. The van der Waals surface area contributed by atoms with Gasteiger partial charge in [0, 0.05) is 12.1 Å². The Kier molecular flexibility index (Phi) is 7.28.